The number of methoxy groups -OCH3 is 1. The molecule has 5 rings (SSSR count). The Balaban J connectivity index is 1.26. The van der Waals surface area contributed by atoms with E-state index in [2.05, 4.69) is 43.7 Å². The minimum absolute atomic E-state index is 0.149. The van der Waals surface area contributed by atoms with Gasteiger partial charge in [-0.2, -0.15) is 0 Å². The van der Waals surface area contributed by atoms with E-state index in [1.807, 2.05) is 29.4 Å². The van der Waals surface area contributed by atoms with E-state index in [1.54, 1.807) is 13.2 Å². The molecule has 8 heteroatoms. The Hall–Kier alpha value is -1.35. The predicted octanol–water partition coefficient (Wildman–Crippen LogP) is 2.59. The van der Waals surface area contributed by atoms with E-state index in [9.17, 15) is 4.79 Å². The fourth-order valence-corrected chi connectivity index (χ4v) is 6.50. The van der Waals surface area contributed by atoms with Gasteiger partial charge in [-0.05, 0) is 46.5 Å². The number of ether oxygens (including phenoxy) is 2. The van der Waals surface area contributed by atoms with Crippen LogP contribution >= 0.6 is 27.7 Å². The van der Waals surface area contributed by atoms with Crippen molar-refractivity contribution < 1.29 is 14.3 Å². The molecule has 2 aliphatic carbocycles. The van der Waals surface area contributed by atoms with Gasteiger partial charge in [0.25, 0.3) is 5.91 Å². The zero-order valence-electron chi connectivity index (χ0n) is 15.4. The van der Waals surface area contributed by atoms with E-state index in [0.29, 0.717) is 41.0 Å². The number of nitrogens with one attached hydrogen (secondary N) is 2. The molecular formula is C20H22BrN3O3S. The molecule has 148 valence electrons. The molecule has 3 bridgehead atoms. The monoisotopic (exact) mass is 463 g/mol. The van der Waals surface area contributed by atoms with Gasteiger partial charge in [-0.25, -0.2) is 0 Å². The van der Waals surface area contributed by atoms with Crippen LogP contribution in [0.15, 0.2) is 39.8 Å². The van der Waals surface area contributed by atoms with Gasteiger partial charge in [0.1, 0.15) is 12.0 Å². The summed E-state index contributed by atoms with van der Waals surface area (Å²) < 4.78 is 12.5. The minimum Gasteiger partial charge on any atom is -0.497 e. The molecule has 1 spiro atoms. The molecule has 2 N–H and O–H groups in total. The van der Waals surface area contributed by atoms with Crippen molar-refractivity contribution >= 4 is 39.1 Å². The van der Waals surface area contributed by atoms with Crippen molar-refractivity contribution in [3.8, 4) is 5.75 Å². The fraction of sp³-hybridized carbons (Fsp3) is 0.500. The second-order valence-corrected chi connectivity index (χ2v) is 9.65. The third kappa shape index (κ3) is 3.01. The van der Waals surface area contributed by atoms with Gasteiger partial charge in [0.15, 0.2) is 0 Å². The average Bonchev–Trinajstić information content (AvgIpc) is 3.39. The van der Waals surface area contributed by atoms with Crippen molar-refractivity contribution in [1.29, 1.82) is 0 Å². The molecule has 2 fully saturated rings. The van der Waals surface area contributed by atoms with Crippen LogP contribution in [-0.4, -0.2) is 54.8 Å². The number of rotatable bonds is 5. The molecule has 1 amide bonds. The summed E-state index contributed by atoms with van der Waals surface area (Å²) in [6.45, 7) is 1.28. The Kier molecular flexibility index (Phi) is 4.77. The third-order valence-electron chi connectivity index (χ3n) is 6.19. The highest BCUT2D eigenvalue weighted by atomic mass is 79.9. The number of hydrogen-bond donors (Lipinski definition) is 2. The molecule has 1 saturated heterocycles. The number of carbonyl (C=O) groups is 1. The second-order valence-electron chi connectivity index (χ2n) is 7.71. The number of nitrogens with zero attached hydrogens (tertiary/aromatic N) is 1. The standard InChI is InChI=1S/C20H22BrN3O3S/c1-26-12-2-3-14(21)13(6-12)19(25)23-9-16-24-18-11-4-5-20(7-11,27-16)17(18)15-8-22-10-28-15/h2-6,10-11,15-18,24H,7-9H2,1H3,(H,23,25). The zero-order chi connectivity index (χ0) is 19.3. The van der Waals surface area contributed by atoms with Crippen LogP contribution in [0.5, 0.6) is 5.75 Å². The SMILES string of the molecule is COc1ccc(Br)c(C(=O)NCC2NC3C4C=CC(C4)(O2)C3C2CN=CS2)c1. The maximum Gasteiger partial charge on any atom is 0.252 e. The number of amides is 1. The first-order chi connectivity index (χ1) is 13.6. The van der Waals surface area contributed by atoms with Crippen LogP contribution in [0.25, 0.3) is 0 Å². The maximum absolute atomic E-state index is 12.7. The molecule has 6 unspecified atom stereocenters. The van der Waals surface area contributed by atoms with Crippen molar-refractivity contribution in [1.82, 2.24) is 10.6 Å². The highest BCUT2D eigenvalue weighted by Crippen LogP contribution is 2.55. The van der Waals surface area contributed by atoms with Gasteiger partial charge >= 0.3 is 0 Å². The van der Waals surface area contributed by atoms with E-state index in [-0.39, 0.29) is 17.7 Å². The van der Waals surface area contributed by atoms with E-state index >= 15 is 0 Å². The first-order valence-corrected chi connectivity index (χ1v) is 11.2. The summed E-state index contributed by atoms with van der Waals surface area (Å²) in [5.41, 5.74) is 2.30. The van der Waals surface area contributed by atoms with Crippen LogP contribution < -0.4 is 15.4 Å². The number of fused-ring (bicyclic) bond motifs is 3. The van der Waals surface area contributed by atoms with Crippen LogP contribution in [0.2, 0.25) is 0 Å². The van der Waals surface area contributed by atoms with Gasteiger partial charge in [0.05, 0.1) is 36.9 Å². The number of aliphatic imine (C=N–C) groups is 1. The summed E-state index contributed by atoms with van der Waals surface area (Å²) in [6, 6.07) is 5.74. The third-order valence-corrected chi connectivity index (χ3v) is 7.95. The van der Waals surface area contributed by atoms with E-state index < -0.39 is 0 Å². The average molecular weight is 464 g/mol. The number of hydrogen-bond acceptors (Lipinski definition) is 6. The first-order valence-electron chi connectivity index (χ1n) is 9.48. The fourth-order valence-electron chi connectivity index (χ4n) is 5.00. The van der Waals surface area contributed by atoms with Crippen molar-refractivity contribution in [2.24, 2.45) is 16.8 Å². The maximum atomic E-state index is 12.7. The smallest absolute Gasteiger partial charge is 0.252 e. The molecule has 1 aromatic rings. The van der Waals surface area contributed by atoms with Crippen molar-refractivity contribution in [2.75, 3.05) is 20.2 Å². The number of halogens is 1. The molecule has 6 atom stereocenters. The normalized spacial score (nSPS) is 37.4. The Morgan fingerprint density at radius 2 is 2.43 bits per heavy atom. The summed E-state index contributed by atoms with van der Waals surface area (Å²) in [4.78, 5) is 17.1. The van der Waals surface area contributed by atoms with Gasteiger partial charge in [0.2, 0.25) is 0 Å². The van der Waals surface area contributed by atoms with Crippen LogP contribution in [-0.2, 0) is 4.74 Å². The van der Waals surface area contributed by atoms with Crippen LogP contribution in [0, 0.1) is 11.8 Å². The van der Waals surface area contributed by atoms with Crippen LogP contribution in [0.3, 0.4) is 0 Å². The van der Waals surface area contributed by atoms with Gasteiger partial charge < -0.3 is 14.8 Å². The molecule has 0 aromatic heterocycles. The number of carbonyl (C=O) groups excluding carboxylic acids is 1. The minimum atomic E-state index is -0.224. The summed E-state index contributed by atoms with van der Waals surface area (Å²) in [5.74, 6) is 1.43. The molecular weight excluding hydrogens is 442 g/mol. The van der Waals surface area contributed by atoms with Crippen LogP contribution in [0.1, 0.15) is 16.8 Å². The Morgan fingerprint density at radius 1 is 1.54 bits per heavy atom. The Morgan fingerprint density at radius 3 is 3.18 bits per heavy atom. The van der Waals surface area contributed by atoms with Gasteiger partial charge in [-0.3, -0.25) is 15.1 Å². The van der Waals surface area contributed by atoms with Gasteiger partial charge in [-0.1, -0.05) is 12.2 Å². The lowest BCUT2D eigenvalue weighted by Crippen LogP contribution is -2.63. The molecule has 4 aliphatic rings. The van der Waals surface area contributed by atoms with Crippen molar-refractivity contribution in [3.05, 3.63) is 40.4 Å². The molecule has 1 saturated carbocycles. The molecule has 6 nitrogen and oxygen atoms in total. The zero-order valence-corrected chi connectivity index (χ0v) is 17.8. The van der Waals surface area contributed by atoms with E-state index in [1.165, 1.54) is 0 Å². The Bertz CT molecular complexity index is 855. The predicted molar refractivity (Wildman–Crippen MR) is 113 cm³/mol. The largest absolute Gasteiger partial charge is 0.497 e. The highest BCUT2D eigenvalue weighted by Gasteiger charge is 2.62. The lowest BCUT2D eigenvalue weighted by molar-refractivity contribution is -0.130. The number of thioether (sulfide) groups is 1. The first kappa shape index (κ1) is 18.7. The van der Waals surface area contributed by atoms with E-state index in [4.69, 9.17) is 9.47 Å². The lowest BCUT2D eigenvalue weighted by atomic mass is 9.81. The van der Waals surface area contributed by atoms with Crippen LogP contribution in [0.4, 0.5) is 0 Å². The lowest BCUT2D eigenvalue weighted by Gasteiger charge is -2.47. The number of benzene rings is 1. The van der Waals surface area contributed by atoms with Gasteiger partial charge in [0, 0.05) is 21.7 Å². The van der Waals surface area contributed by atoms with Crippen molar-refractivity contribution in [3.63, 3.8) is 0 Å². The van der Waals surface area contributed by atoms with Crippen molar-refractivity contribution in [2.45, 2.75) is 29.5 Å². The second kappa shape index (κ2) is 7.16. The summed E-state index contributed by atoms with van der Waals surface area (Å²) in [6.07, 6.45) is 5.37. The highest BCUT2D eigenvalue weighted by molar-refractivity contribution is 9.10. The topological polar surface area (TPSA) is 72.0 Å². The Labute approximate surface area is 176 Å². The molecule has 0 radical (unpaired) electrons. The molecule has 2 aliphatic heterocycles. The quantitative estimate of drug-likeness (QED) is 0.656. The summed E-state index contributed by atoms with van der Waals surface area (Å²) in [7, 11) is 1.59. The molecule has 2 heterocycles. The van der Waals surface area contributed by atoms with Gasteiger partial charge in [-0.15, -0.1) is 11.8 Å². The molecule has 28 heavy (non-hydrogen) atoms. The summed E-state index contributed by atoms with van der Waals surface area (Å²) in [5, 5.41) is 7.12. The van der Waals surface area contributed by atoms with E-state index in [0.717, 1.165) is 17.4 Å². The molecule has 1 aromatic carbocycles. The summed E-state index contributed by atoms with van der Waals surface area (Å²) >= 11 is 5.26.